The molecule has 2 heterocycles. The number of H-pyrrole nitrogens is 1. The fourth-order valence-electron chi connectivity index (χ4n) is 3.69. The van der Waals surface area contributed by atoms with E-state index < -0.39 is 9.84 Å². The van der Waals surface area contributed by atoms with E-state index in [1.807, 2.05) is 0 Å². The summed E-state index contributed by atoms with van der Waals surface area (Å²) in [7, 11) is -1.42. The molecule has 0 radical (unpaired) electrons. The number of rotatable bonds is 4. The fraction of sp³-hybridized carbons (Fsp3) is 0.611. The molecule has 10 nitrogen and oxygen atoms in total. The zero-order chi connectivity index (χ0) is 21.4. The molecule has 1 saturated carbocycles. The predicted molar refractivity (Wildman–Crippen MR) is 104 cm³/mol. The first kappa shape index (κ1) is 22.9. The summed E-state index contributed by atoms with van der Waals surface area (Å²) in [6.45, 7) is 0.284. The van der Waals surface area contributed by atoms with Gasteiger partial charge in [0.05, 0.1) is 29.2 Å². The molecule has 2 aliphatic rings. The average Bonchev–Trinajstić information content (AvgIpc) is 3.23. The number of amides is 2. The van der Waals surface area contributed by atoms with Gasteiger partial charge in [-0.1, -0.05) is 0 Å². The molecule has 1 aliphatic carbocycles. The Balaban J connectivity index is 0.000000941. The summed E-state index contributed by atoms with van der Waals surface area (Å²) in [5.41, 5.74) is 0.563. The van der Waals surface area contributed by atoms with Gasteiger partial charge in [-0.15, -0.1) is 0 Å². The zero-order valence-electron chi connectivity index (χ0n) is 16.2. The van der Waals surface area contributed by atoms with Crippen molar-refractivity contribution in [3.8, 4) is 0 Å². The number of hydrogen-bond acceptors (Lipinski definition) is 6. The Morgan fingerprint density at radius 3 is 2.52 bits per heavy atom. The molecule has 3 N–H and O–H groups in total. The van der Waals surface area contributed by atoms with Gasteiger partial charge in [-0.2, -0.15) is 0 Å². The molecule has 2 amide bonds. The highest BCUT2D eigenvalue weighted by Gasteiger charge is 2.37. The molecule has 11 heteroatoms. The quantitative estimate of drug-likeness (QED) is 0.566. The molecule has 2 fully saturated rings. The number of aromatic nitrogens is 1. The van der Waals surface area contributed by atoms with E-state index in [9.17, 15) is 18.0 Å². The van der Waals surface area contributed by atoms with Gasteiger partial charge in [0.15, 0.2) is 9.84 Å². The summed E-state index contributed by atoms with van der Waals surface area (Å²) >= 11 is 0. The van der Waals surface area contributed by atoms with Crippen LogP contribution in [0, 0.1) is 5.92 Å². The first-order chi connectivity index (χ1) is 13.8. The van der Waals surface area contributed by atoms with E-state index in [2.05, 4.69) is 10.3 Å². The van der Waals surface area contributed by atoms with Crippen LogP contribution in [0.1, 0.15) is 29.6 Å². The smallest absolute Gasteiger partial charge is 0.290 e. The monoisotopic (exact) mass is 429 g/mol. The minimum Gasteiger partial charge on any atom is -0.483 e. The second-order valence-electron chi connectivity index (χ2n) is 7.05. The number of hydrogen-bond donors (Lipinski definition) is 3. The second-order valence-corrected chi connectivity index (χ2v) is 9.35. The second kappa shape index (κ2) is 10.4. The van der Waals surface area contributed by atoms with Gasteiger partial charge >= 0.3 is 0 Å². The fourth-order valence-corrected chi connectivity index (χ4v) is 4.89. The van der Waals surface area contributed by atoms with Gasteiger partial charge in [-0.05, 0) is 25.3 Å². The van der Waals surface area contributed by atoms with Crippen LogP contribution in [0.2, 0.25) is 0 Å². The summed E-state index contributed by atoms with van der Waals surface area (Å²) in [5.74, 6) is -0.286. The van der Waals surface area contributed by atoms with Gasteiger partial charge in [0.25, 0.3) is 12.4 Å². The highest BCUT2D eigenvalue weighted by molar-refractivity contribution is 7.91. The van der Waals surface area contributed by atoms with Crippen molar-refractivity contribution >= 4 is 28.1 Å². The number of ether oxygens (including phenoxy) is 1. The molecule has 1 aromatic heterocycles. The van der Waals surface area contributed by atoms with E-state index in [4.69, 9.17) is 14.6 Å². The molecule has 162 valence electrons. The van der Waals surface area contributed by atoms with Crippen molar-refractivity contribution in [1.82, 2.24) is 15.2 Å². The highest BCUT2D eigenvalue weighted by Crippen LogP contribution is 2.29. The van der Waals surface area contributed by atoms with Crippen molar-refractivity contribution in [3.63, 3.8) is 0 Å². The Bertz CT molecular complexity index is 780. The standard InChI is InChI=1S/C17H25N3O5S.CH2O2/c1-25-15-10-12(17(22)20-6-8-26(23,24)9-7-20)2-3-14(15)19-16(21)13-4-5-18-11-13;2-1-3/h4-5,11-12,14-15,18H,2-3,6-10H2,1H3,(H,19,21);1H,(H,2,3)/t12-,14+,15+;/m0./s1. The van der Waals surface area contributed by atoms with Gasteiger partial charge in [0, 0.05) is 38.5 Å². The highest BCUT2D eigenvalue weighted by atomic mass is 32.2. The Kier molecular flexibility index (Phi) is 8.21. The first-order valence-corrected chi connectivity index (χ1v) is 11.2. The number of nitrogens with one attached hydrogen (secondary N) is 2. The van der Waals surface area contributed by atoms with Crippen molar-refractivity contribution < 1.29 is 32.6 Å². The van der Waals surface area contributed by atoms with Crippen LogP contribution in [0.5, 0.6) is 0 Å². The Morgan fingerprint density at radius 2 is 1.97 bits per heavy atom. The molecule has 0 unspecified atom stereocenters. The topological polar surface area (TPSA) is 146 Å². The molecule has 1 saturated heterocycles. The van der Waals surface area contributed by atoms with Gasteiger partial charge in [0.1, 0.15) is 0 Å². The van der Waals surface area contributed by atoms with E-state index >= 15 is 0 Å². The molecule has 29 heavy (non-hydrogen) atoms. The lowest BCUT2D eigenvalue weighted by molar-refractivity contribution is -0.138. The summed E-state index contributed by atoms with van der Waals surface area (Å²) < 4.78 is 28.6. The maximum atomic E-state index is 12.7. The van der Waals surface area contributed by atoms with Crippen molar-refractivity contribution in [2.45, 2.75) is 31.4 Å². The van der Waals surface area contributed by atoms with Crippen molar-refractivity contribution in [2.75, 3.05) is 31.7 Å². The van der Waals surface area contributed by atoms with Crippen molar-refractivity contribution in [2.24, 2.45) is 5.92 Å². The normalized spacial score (nSPS) is 26.0. The lowest BCUT2D eigenvalue weighted by Gasteiger charge is -2.37. The van der Waals surface area contributed by atoms with Crippen LogP contribution in [-0.4, -0.2) is 85.5 Å². The van der Waals surface area contributed by atoms with Gasteiger partial charge in [-0.25, -0.2) is 8.42 Å². The molecule has 3 atom stereocenters. The van der Waals surface area contributed by atoms with E-state index in [1.165, 1.54) is 0 Å². The van der Waals surface area contributed by atoms with Crippen molar-refractivity contribution in [3.05, 3.63) is 24.0 Å². The third-order valence-electron chi connectivity index (χ3n) is 5.28. The minimum absolute atomic E-state index is 0.00244. The Labute approximate surface area is 169 Å². The van der Waals surface area contributed by atoms with Gasteiger partial charge in [0.2, 0.25) is 5.91 Å². The number of carbonyl (C=O) groups excluding carboxylic acids is 2. The average molecular weight is 429 g/mol. The molecule has 1 aromatic rings. The van der Waals surface area contributed by atoms with Gasteiger partial charge in [-0.3, -0.25) is 14.4 Å². The zero-order valence-corrected chi connectivity index (χ0v) is 17.1. The number of aromatic amines is 1. The van der Waals surface area contributed by atoms with Crippen molar-refractivity contribution in [1.29, 1.82) is 0 Å². The lowest BCUT2D eigenvalue weighted by atomic mass is 9.82. The van der Waals surface area contributed by atoms with Crippen LogP contribution < -0.4 is 5.32 Å². The number of sulfone groups is 1. The molecule has 3 rings (SSSR count). The van der Waals surface area contributed by atoms with E-state index in [0.717, 1.165) is 0 Å². The molecular formula is C18H27N3O7S. The van der Waals surface area contributed by atoms with Crippen LogP contribution in [-0.2, 0) is 24.2 Å². The molecular weight excluding hydrogens is 402 g/mol. The number of carbonyl (C=O) groups is 3. The van der Waals surface area contributed by atoms with Crippen LogP contribution in [0.4, 0.5) is 0 Å². The largest absolute Gasteiger partial charge is 0.483 e. The molecule has 0 bridgehead atoms. The molecule has 1 aliphatic heterocycles. The van der Waals surface area contributed by atoms with E-state index in [0.29, 0.717) is 24.8 Å². The summed E-state index contributed by atoms with van der Waals surface area (Å²) in [5, 5.41) is 9.87. The maximum Gasteiger partial charge on any atom is 0.290 e. The summed E-state index contributed by atoms with van der Waals surface area (Å²) in [4.78, 5) is 37.8. The summed E-state index contributed by atoms with van der Waals surface area (Å²) in [6.07, 6.45) is 4.91. The van der Waals surface area contributed by atoms with E-state index in [1.54, 1.807) is 30.5 Å². The lowest BCUT2D eigenvalue weighted by Crippen LogP contribution is -2.52. The van der Waals surface area contributed by atoms with Crippen LogP contribution in [0.3, 0.4) is 0 Å². The molecule has 0 aromatic carbocycles. The summed E-state index contributed by atoms with van der Waals surface area (Å²) in [6, 6.07) is 1.56. The third kappa shape index (κ3) is 6.29. The Morgan fingerprint density at radius 1 is 1.31 bits per heavy atom. The molecule has 0 spiro atoms. The number of methoxy groups -OCH3 is 1. The van der Waals surface area contributed by atoms with Crippen LogP contribution in [0.25, 0.3) is 0 Å². The predicted octanol–water partition coefficient (Wildman–Crippen LogP) is -0.114. The third-order valence-corrected chi connectivity index (χ3v) is 6.89. The van der Waals surface area contributed by atoms with Crippen LogP contribution >= 0.6 is 0 Å². The minimum atomic E-state index is -3.01. The van der Waals surface area contributed by atoms with Crippen LogP contribution in [0.15, 0.2) is 18.5 Å². The van der Waals surface area contributed by atoms with E-state index in [-0.39, 0.29) is 60.9 Å². The SMILES string of the molecule is CO[C@@H]1C[C@@H](C(=O)N2CCS(=O)(=O)CC2)CC[C@H]1NC(=O)c1cc[nH]c1.O=CO. The first-order valence-electron chi connectivity index (χ1n) is 9.34. The maximum absolute atomic E-state index is 12.7. The van der Waals surface area contributed by atoms with Gasteiger partial charge < -0.3 is 25.0 Å². The number of carboxylic acid groups (broad SMARTS) is 1. The number of nitrogens with zero attached hydrogens (tertiary/aromatic N) is 1. The Hall–Kier alpha value is -2.40.